The molecule has 2 atom stereocenters. The van der Waals surface area contributed by atoms with Gasteiger partial charge in [0.25, 0.3) is 0 Å². The molecule has 2 aromatic carbocycles. The maximum Gasteiger partial charge on any atom is 0.0266 e. The van der Waals surface area contributed by atoms with Gasteiger partial charge in [-0.1, -0.05) is 60.7 Å². The van der Waals surface area contributed by atoms with E-state index in [0.29, 0.717) is 0 Å². The molecule has 0 bridgehead atoms. The summed E-state index contributed by atoms with van der Waals surface area (Å²) < 4.78 is 0. The fraction of sp³-hybridized carbons (Fsp3) is 0.250. The maximum absolute atomic E-state index is 5.61. The smallest absolute Gasteiger partial charge is 0.0266 e. The van der Waals surface area contributed by atoms with E-state index in [-0.39, 0.29) is 12.1 Å². The molecule has 0 saturated heterocycles. The normalized spacial score (nSPS) is 13.1. The van der Waals surface area contributed by atoms with Crippen molar-refractivity contribution in [2.45, 2.75) is 25.9 Å². The minimum Gasteiger partial charge on any atom is -0.324 e. The molecule has 2 aromatic rings. The lowest BCUT2D eigenvalue weighted by Gasteiger charge is -2.02. The van der Waals surface area contributed by atoms with Gasteiger partial charge in [-0.05, 0) is 25.0 Å². The number of hydrogen-bond acceptors (Lipinski definition) is 2. The minimum atomic E-state index is 0.159. The van der Waals surface area contributed by atoms with Crippen LogP contribution in [-0.4, -0.2) is 0 Å². The Labute approximate surface area is 110 Å². The molecule has 0 saturated carbocycles. The highest BCUT2D eigenvalue weighted by Gasteiger charge is 1.94. The van der Waals surface area contributed by atoms with Crippen molar-refractivity contribution in [2.24, 2.45) is 11.5 Å². The Morgan fingerprint density at radius 2 is 0.889 bits per heavy atom. The van der Waals surface area contributed by atoms with Crippen molar-refractivity contribution < 1.29 is 0 Å². The van der Waals surface area contributed by atoms with Gasteiger partial charge < -0.3 is 11.5 Å². The lowest BCUT2D eigenvalue weighted by molar-refractivity contribution is 0.818. The van der Waals surface area contributed by atoms with Gasteiger partial charge in [0.2, 0.25) is 0 Å². The first-order chi connectivity index (χ1) is 8.61. The molecular weight excluding hydrogens is 220 g/mol. The van der Waals surface area contributed by atoms with Crippen molar-refractivity contribution in [3.8, 4) is 0 Å². The molecule has 2 heteroatoms. The summed E-state index contributed by atoms with van der Waals surface area (Å²) in [6.07, 6.45) is 0. The summed E-state index contributed by atoms with van der Waals surface area (Å²) in [5, 5.41) is 0. The van der Waals surface area contributed by atoms with Gasteiger partial charge in [0.15, 0.2) is 0 Å². The van der Waals surface area contributed by atoms with E-state index in [4.69, 9.17) is 11.5 Å². The Balaban J connectivity index is 0.000000180. The van der Waals surface area contributed by atoms with Crippen LogP contribution in [0.5, 0.6) is 0 Å². The molecule has 2 rings (SSSR count). The molecule has 0 unspecified atom stereocenters. The molecule has 0 aliphatic heterocycles. The topological polar surface area (TPSA) is 52.0 Å². The van der Waals surface area contributed by atoms with Crippen molar-refractivity contribution in [1.82, 2.24) is 0 Å². The van der Waals surface area contributed by atoms with E-state index < -0.39 is 0 Å². The van der Waals surface area contributed by atoms with E-state index in [1.165, 1.54) is 11.1 Å². The van der Waals surface area contributed by atoms with Crippen LogP contribution in [0.15, 0.2) is 60.7 Å². The average molecular weight is 242 g/mol. The van der Waals surface area contributed by atoms with Crippen molar-refractivity contribution >= 4 is 0 Å². The predicted molar refractivity (Wildman–Crippen MR) is 78.1 cm³/mol. The number of benzene rings is 2. The molecule has 4 N–H and O–H groups in total. The number of rotatable bonds is 2. The Kier molecular flexibility index (Phi) is 6.12. The highest BCUT2D eigenvalue weighted by molar-refractivity contribution is 5.17. The Hall–Kier alpha value is -1.64. The standard InChI is InChI=1S/2C8H11N/c2*1-7(9)8-5-3-2-4-6-8/h2*2-7H,9H2,1H3/t2*7-/m11/s1. The van der Waals surface area contributed by atoms with Gasteiger partial charge in [-0.15, -0.1) is 0 Å². The fourth-order valence-corrected chi connectivity index (χ4v) is 1.51. The zero-order chi connectivity index (χ0) is 13.4. The monoisotopic (exact) mass is 242 g/mol. The van der Waals surface area contributed by atoms with E-state index >= 15 is 0 Å². The lowest BCUT2D eigenvalue weighted by Crippen LogP contribution is -2.03. The molecule has 0 aliphatic carbocycles. The van der Waals surface area contributed by atoms with Crippen LogP contribution >= 0.6 is 0 Å². The van der Waals surface area contributed by atoms with Crippen LogP contribution in [0.3, 0.4) is 0 Å². The Morgan fingerprint density at radius 1 is 0.611 bits per heavy atom. The molecule has 18 heavy (non-hydrogen) atoms. The van der Waals surface area contributed by atoms with Crippen LogP contribution in [0, 0.1) is 0 Å². The first kappa shape index (κ1) is 14.4. The molecule has 0 radical (unpaired) electrons. The van der Waals surface area contributed by atoms with Crippen LogP contribution in [0.25, 0.3) is 0 Å². The second-order valence-corrected chi connectivity index (χ2v) is 4.40. The van der Waals surface area contributed by atoms with Gasteiger partial charge in [0.05, 0.1) is 0 Å². The van der Waals surface area contributed by atoms with Gasteiger partial charge >= 0.3 is 0 Å². The second-order valence-electron chi connectivity index (χ2n) is 4.40. The second kappa shape index (κ2) is 7.64. The lowest BCUT2D eigenvalue weighted by atomic mass is 10.1. The van der Waals surface area contributed by atoms with Crippen molar-refractivity contribution in [2.75, 3.05) is 0 Å². The van der Waals surface area contributed by atoms with Gasteiger partial charge in [0, 0.05) is 12.1 Å². The molecule has 0 aromatic heterocycles. The summed E-state index contributed by atoms with van der Waals surface area (Å²) in [7, 11) is 0. The van der Waals surface area contributed by atoms with Crippen molar-refractivity contribution in [3.63, 3.8) is 0 Å². The summed E-state index contributed by atoms with van der Waals surface area (Å²) in [5.41, 5.74) is 13.6. The first-order valence-electron chi connectivity index (χ1n) is 6.22. The van der Waals surface area contributed by atoms with E-state index in [2.05, 4.69) is 0 Å². The molecule has 0 fully saturated rings. The largest absolute Gasteiger partial charge is 0.324 e. The van der Waals surface area contributed by atoms with Gasteiger partial charge in [-0.3, -0.25) is 0 Å². The zero-order valence-electron chi connectivity index (χ0n) is 11.1. The molecule has 0 amide bonds. The van der Waals surface area contributed by atoms with E-state index in [9.17, 15) is 0 Å². The number of hydrogen-bond donors (Lipinski definition) is 2. The summed E-state index contributed by atoms with van der Waals surface area (Å²) >= 11 is 0. The van der Waals surface area contributed by atoms with Crippen molar-refractivity contribution in [1.29, 1.82) is 0 Å². The van der Waals surface area contributed by atoms with Gasteiger partial charge in [-0.25, -0.2) is 0 Å². The SMILES string of the molecule is C[C@@H](N)c1ccccc1.C[C@@H](N)c1ccccc1. The molecule has 96 valence electrons. The Bertz CT molecular complexity index is 378. The zero-order valence-corrected chi connectivity index (χ0v) is 11.1. The van der Waals surface area contributed by atoms with Crippen LogP contribution in [0.4, 0.5) is 0 Å². The van der Waals surface area contributed by atoms with Crippen LogP contribution in [0.1, 0.15) is 37.1 Å². The molecule has 2 nitrogen and oxygen atoms in total. The third kappa shape index (κ3) is 5.13. The van der Waals surface area contributed by atoms with E-state index in [1.807, 2.05) is 74.5 Å². The Morgan fingerprint density at radius 3 is 1.06 bits per heavy atom. The highest BCUT2D eigenvalue weighted by Crippen LogP contribution is 2.07. The minimum absolute atomic E-state index is 0.159. The first-order valence-corrected chi connectivity index (χ1v) is 6.22. The summed E-state index contributed by atoms with van der Waals surface area (Å²) in [6, 6.07) is 20.4. The van der Waals surface area contributed by atoms with Crippen LogP contribution in [0.2, 0.25) is 0 Å². The molecule has 0 aliphatic rings. The highest BCUT2D eigenvalue weighted by atomic mass is 14.6. The summed E-state index contributed by atoms with van der Waals surface area (Å²) in [6.45, 7) is 3.96. The van der Waals surface area contributed by atoms with E-state index in [1.54, 1.807) is 0 Å². The fourth-order valence-electron chi connectivity index (χ4n) is 1.51. The van der Waals surface area contributed by atoms with E-state index in [0.717, 1.165) is 0 Å². The third-order valence-electron chi connectivity index (χ3n) is 2.65. The third-order valence-corrected chi connectivity index (χ3v) is 2.65. The van der Waals surface area contributed by atoms with Gasteiger partial charge in [0.1, 0.15) is 0 Å². The quantitative estimate of drug-likeness (QED) is 0.848. The van der Waals surface area contributed by atoms with Crippen LogP contribution < -0.4 is 11.5 Å². The summed E-state index contributed by atoms with van der Waals surface area (Å²) in [4.78, 5) is 0. The molecular formula is C16H22N2. The van der Waals surface area contributed by atoms with Crippen LogP contribution in [-0.2, 0) is 0 Å². The predicted octanol–water partition coefficient (Wildman–Crippen LogP) is 3.41. The maximum atomic E-state index is 5.61. The van der Waals surface area contributed by atoms with Crippen molar-refractivity contribution in [3.05, 3.63) is 71.8 Å². The average Bonchev–Trinajstić information content (AvgIpc) is 2.41. The van der Waals surface area contributed by atoms with Gasteiger partial charge in [-0.2, -0.15) is 0 Å². The molecule has 0 heterocycles. The molecule has 0 spiro atoms. The summed E-state index contributed by atoms with van der Waals surface area (Å²) in [5.74, 6) is 0. The number of nitrogens with two attached hydrogens (primary N) is 2.